The van der Waals surface area contributed by atoms with Crippen molar-refractivity contribution in [2.75, 3.05) is 6.54 Å². The smallest absolute Gasteiger partial charge is 0.250 e. The number of carbonyl (C=O) groups is 1. The maximum atomic E-state index is 13.0. The number of aliphatic hydroxyl groups excluding tert-OH is 1. The number of halogens is 2. The Hall–Kier alpha value is -1.57. The number of aromatic amines is 1. The highest BCUT2D eigenvalue weighted by Crippen LogP contribution is 2.51. The van der Waals surface area contributed by atoms with Crippen molar-refractivity contribution in [2.24, 2.45) is 11.3 Å². The number of amides is 1. The van der Waals surface area contributed by atoms with Gasteiger partial charge < -0.3 is 10.4 Å². The molecule has 1 amide bonds. The van der Waals surface area contributed by atoms with Crippen LogP contribution in [0, 0.1) is 11.3 Å². The summed E-state index contributed by atoms with van der Waals surface area (Å²) in [6.45, 7) is 3.84. The van der Waals surface area contributed by atoms with E-state index in [-0.39, 0.29) is 17.7 Å². The quantitative estimate of drug-likeness (QED) is 0.761. The van der Waals surface area contributed by atoms with Crippen molar-refractivity contribution in [3.63, 3.8) is 0 Å². The molecule has 134 valence electrons. The summed E-state index contributed by atoms with van der Waals surface area (Å²) in [6, 6.07) is 0. The Morgan fingerprint density at radius 2 is 2.12 bits per heavy atom. The van der Waals surface area contributed by atoms with E-state index < -0.39 is 30.3 Å². The van der Waals surface area contributed by atoms with E-state index in [0.717, 1.165) is 12.2 Å². The molecule has 2 aliphatic rings. The molecule has 1 aromatic heterocycles. The van der Waals surface area contributed by atoms with E-state index in [1.165, 1.54) is 0 Å². The number of H-pyrrole nitrogens is 1. The Bertz CT molecular complexity index is 611. The lowest BCUT2D eigenvalue weighted by molar-refractivity contribution is -0.174. The molecule has 6 nitrogen and oxygen atoms in total. The van der Waals surface area contributed by atoms with Crippen molar-refractivity contribution in [2.45, 2.75) is 63.9 Å². The highest BCUT2D eigenvalue weighted by Gasteiger charge is 2.57. The molecular formula is C16H24F2N4O2. The zero-order chi connectivity index (χ0) is 17.5. The molecule has 3 N–H and O–H groups in total. The summed E-state index contributed by atoms with van der Waals surface area (Å²) in [6.07, 6.45) is 0.642. The molecule has 8 heteroatoms. The van der Waals surface area contributed by atoms with Gasteiger partial charge in [-0.05, 0) is 12.8 Å². The molecule has 2 saturated carbocycles. The average molecular weight is 342 g/mol. The monoisotopic (exact) mass is 342 g/mol. The number of nitrogens with zero attached hydrogens (tertiary/aromatic N) is 2. The van der Waals surface area contributed by atoms with Gasteiger partial charge in [0.25, 0.3) is 0 Å². The number of hydrogen-bond donors (Lipinski definition) is 3. The third kappa shape index (κ3) is 3.29. The Kier molecular flexibility index (Phi) is 4.36. The van der Waals surface area contributed by atoms with Crippen molar-refractivity contribution in [3.8, 4) is 0 Å². The summed E-state index contributed by atoms with van der Waals surface area (Å²) < 4.78 is 26.1. The molecule has 0 saturated heterocycles. The van der Waals surface area contributed by atoms with Gasteiger partial charge in [0.05, 0.1) is 11.5 Å². The topological polar surface area (TPSA) is 90.9 Å². The fourth-order valence-electron chi connectivity index (χ4n) is 3.87. The maximum Gasteiger partial charge on any atom is 0.250 e. The number of hydrogen-bond acceptors (Lipinski definition) is 4. The first kappa shape index (κ1) is 17.3. The molecule has 24 heavy (non-hydrogen) atoms. The van der Waals surface area contributed by atoms with Crippen LogP contribution in [0.2, 0.25) is 0 Å². The van der Waals surface area contributed by atoms with Crippen molar-refractivity contribution < 1.29 is 18.7 Å². The standard InChI is InChI=1S/C16H24F2N4O2/c1-3-12-20-13(22-21-12)9-4-10(11(23)5-9)6-19-14(24)15(2)7-16(17,18)8-15/h9-11,23H,3-8H2,1-2H3,(H,19,24)(H,20,21,22)/t9-,10+,11+/m0/s1. The molecule has 0 unspecified atom stereocenters. The first-order chi connectivity index (χ1) is 11.2. The van der Waals surface area contributed by atoms with Crippen molar-refractivity contribution in [1.82, 2.24) is 20.5 Å². The van der Waals surface area contributed by atoms with E-state index in [2.05, 4.69) is 20.5 Å². The van der Waals surface area contributed by atoms with Crippen LogP contribution < -0.4 is 5.32 Å². The molecule has 0 spiro atoms. The molecule has 0 aliphatic heterocycles. The molecular weight excluding hydrogens is 318 g/mol. The van der Waals surface area contributed by atoms with Crippen LogP contribution >= 0.6 is 0 Å². The SMILES string of the molecule is CCc1nc([C@H]2C[C@H](CNC(=O)C3(C)CC(F)(F)C3)[C@H](O)C2)n[nH]1. The second-order valence-corrected chi connectivity index (χ2v) is 7.47. The number of carbonyl (C=O) groups excluding carboxylic acids is 1. The van der Waals surface area contributed by atoms with E-state index in [9.17, 15) is 18.7 Å². The third-order valence-corrected chi connectivity index (χ3v) is 5.28. The molecule has 2 aliphatic carbocycles. The highest BCUT2D eigenvalue weighted by atomic mass is 19.3. The largest absolute Gasteiger partial charge is 0.393 e. The Balaban J connectivity index is 1.52. The summed E-state index contributed by atoms with van der Waals surface area (Å²) >= 11 is 0. The predicted molar refractivity (Wildman–Crippen MR) is 82.5 cm³/mol. The van der Waals surface area contributed by atoms with Crippen LogP contribution in [-0.2, 0) is 11.2 Å². The van der Waals surface area contributed by atoms with Crippen LogP contribution in [0.25, 0.3) is 0 Å². The molecule has 0 aromatic carbocycles. The van der Waals surface area contributed by atoms with Crippen molar-refractivity contribution >= 4 is 5.91 Å². The Labute approximate surface area is 139 Å². The Morgan fingerprint density at radius 1 is 1.42 bits per heavy atom. The summed E-state index contributed by atoms with van der Waals surface area (Å²) in [5.74, 6) is -1.61. The second kappa shape index (κ2) is 6.06. The van der Waals surface area contributed by atoms with Gasteiger partial charge in [-0.15, -0.1) is 0 Å². The van der Waals surface area contributed by atoms with Crippen LogP contribution in [0.15, 0.2) is 0 Å². The minimum atomic E-state index is -2.73. The minimum absolute atomic E-state index is 0.0575. The lowest BCUT2D eigenvalue weighted by Gasteiger charge is -2.43. The molecule has 3 rings (SSSR count). The molecule has 0 radical (unpaired) electrons. The van der Waals surface area contributed by atoms with Gasteiger partial charge in [-0.2, -0.15) is 5.10 Å². The predicted octanol–water partition coefficient (Wildman–Crippen LogP) is 1.77. The Morgan fingerprint density at radius 3 is 2.71 bits per heavy atom. The van der Waals surface area contributed by atoms with Crippen LogP contribution in [0.4, 0.5) is 8.78 Å². The summed E-state index contributed by atoms with van der Waals surface area (Å²) in [7, 11) is 0. The number of rotatable bonds is 5. The number of aromatic nitrogens is 3. The van der Waals surface area contributed by atoms with Crippen LogP contribution in [-0.4, -0.2) is 44.8 Å². The van der Waals surface area contributed by atoms with E-state index in [0.29, 0.717) is 25.2 Å². The van der Waals surface area contributed by atoms with Crippen LogP contribution in [0.1, 0.15) is 57.1 Å². The van der Waals surface area contributed by atoms with E-state index >= 15 is 0 Å². The van der Waals surface area contributed by atoms with Gasteiger partial charge in [-0.3, -0.25) is 9.89 Å². The summed E-state index contributed by atoms with van der Waals surface area (Å²) in [4.78, 5) is 16.5. The maximum absolute atomic E-state index is 13.0. The molecule has 1 heterocycles. The van der Waals surface area contributed by atoms with Gasteiger partial charge in [0.15, 0.2) is 5.82 Å². The summed E-state index contributed by atoms with van der Waals surface area (Å²) in [5, 5.41) is 20.0. The second-order valence-electron chi connectivity index (χ2n) is 7.47. The molecule has 1 aromatic rings. The summed E-state index contributed by atoms with van der Waals surface area (Å²) in [5.41, 5.74) is -0.994. The first-order valence-corrected chi connectivity index (χ1v) is 8.48. The van der Waals surface area contributed by atoms with E-state index in [1.54, 1.807) is 6.92 Å². The fourth-order valence-corrected chi connectivity index (χ4v) is 3.87. The number of aliphatic hydroxyl groups is 1. The zero-order valence-corrected chi connectivity index (χ0v) is 14.0. The lowest BCUT2D eigenvalue weighted by atomic mass is 9.67. The lowest BCUT2D eigenvalue weighted by Crippen LogP contribution is -2.54. The number of aryl methyl sites for hydroxylation is 1. The average Bonchev–Trinajstić information content (AvgIpc) is 3.09. The third-order valence-electron chi connectivity index (χ3n) is 5.28. The molecule has 3 atom stereocenters. The van der Waals surface area contributed by atoms with E-state index in [4.69, 9.17) is 0 Å². The normalized spacial score (nSPS) is 30.8. The van der Waals surface area contributed by atoms with Crippen LogP contribution in [0.3, 0.4) is 0 Å². The van der Waals surface area contributed by atoms with Gasteiger partial charge >= 0.3 is 0 Å². The van der Waals surface area contributed by atoms with Gasteiger partial charge in [0, 0.05) is 37.6 Å². The van der Waals surface area contributed by atoms with Gasteiger partial charge in [-0.1, -0.05) is 13.8 Å². The molecule has 2 fully saturated rings. The van der Waals surface area contributed by atoms with E-state index in [1.807, 2.05) is 6.92 Å². The fraction of sp³-hybridized carbons (Fsp3) is 0.812. The molecule has 0 bridgehead atoms. The zero-order valence-electron chi connectivity index (χ0n) is 14.0. The number of alkyl halides is 2. The minimum Gasteiger partial charge on any atom is -0.393 e. The van der Waals surface area contributed by atoms with Gasteiger partial charge in [0.2, 0.25) is 11.8 Å². The van der Waals surface area contributed by atoms with Gasteiger partial charge in [-0.25, -0.2) is 13.8 Å². The van der Waals surface area contributed by atoms with Gasteiger partial charge in [0.1, 0.15) is 5.82 Å². The van der Waals surface area contributed by atoms with Crippen molar-refractivity contribution in [1.29, 1.82) is 0 Å². The number of nitrogens with one attached hydrogen (secondary N) is 2. The highest BCUT2D eigenvalue weighted by molar-refractivity contribution is 5.83. The van der Waals surface area contributed by atoms with Crippen LogP contribution in [0.5, 0.6) is 0 Å². The first-order valence-electron chi connectivity index (χ1n) is 8.48. The van der Waals surface area contributed by atoms with Crippen molar-refractivity contribution in [3.05, 3.63) is 11.6 Å².